The quantitative estimate of drug-likeness (QED) is 0.581. The number of phenols is 1. The van der Waals surface area contributed by atoms with Crippen molar-refractivity contribution in [1.29, 1.82) is 0 Å². The molecule has 1 aromatic carbocycles. The van der Waals surface area contributed by atoms with Crippen LogP contribution in [0.1, 0.15) is 19.4 Å². The summed E-state index contributed by atoms with van der Waals surface area (Å²) >= 11 is 0. The van der Waals surface area contributed by atoms with E-state index in [-0.39, 0.29) is 11.7 Å². The van der Waals surface area contributed by atoms with Gasteiger partial charge in [-0.05, 0) is 30.0 Å². The zero-order chi connectivity index (χ0) is 15.3. The fourth-order valence-corrected chi connectivity index (χ4v) is 1.81. The molecule has 0 fully saturated rings. The van der Waals surface area contributed by atoms with E-state index in [2.05, 4.69) is 5.32 Å². The maximum Gasteiger partial charge on any atom is 0.240 e. The van der Waals surface area contributed by atoms with E-state index in [1.165, 1.54) is 12.1 Å². The third kappa shape index (κ3) is 4.55. The third-order valence-electron chi connectivity index (χ3n) is 3.00. The molecule has 2 amide bonds. The Morgan fingerprint density at radius 3 is 2.25 bits per heavy atom. The Morgan fingerprint density at radius 2 is 1.80 bits per heavy atom. The van der Waals surface area contributed by atoms with E-state index in [0.29, 0.717) is 6.42 Å². The lowest BCUT2D eigenvalue weighted by molar-refractivity contribution is -0.129. The number of aromatic hydroxyl groups is 1. The minimum Gasteiger partial charge on any atom is -0.508 e. The van der Waals surface area contributed by atoms with Gasteiger partial charge in [-0.25, -0.2) is 0 Å². The van der Waals surface area contributed by atoms with Crippen LogP contribution in [0.3, 0.4) is 0 Å². The molecule has 2 unspecified atom stereocenters. The first-order valence-electron chi connectivity index (χ1n) is 6.44. The summed E-state index contributed by atoms with van der Waals surface area (Å²) in [6, 6.07) is 4.93. The summed E-state index contributed by atoms with van der Waals surface area (Å²) in [4.78, 5) is 23.2. The summed E-state index contributed by atoms with van der Waals surface area (Å²) in [5.74, 6) is -0.946. The maximum absolute atomic E-state index is 11.9. The predicted octanol–water partition coefficient (Wildman–Crippen LogP) is -0.112. The summed E-state index contributed by atoms with van der Waals surface area (Å²) in [6.07, 6.45) is 0.315. The van der Waals surface area contributed by atoms with Crippen LogP contribution < -0.4 is 16.8 Å². The maximum atomic E-state index is 11.9. The van der Waals surface area contributed by atoms with Crippen molar-refractivity contribution in [2.75, 3.05) is 0 Å². The third-order valence-corrected chi connectivity index (χ3v) is 3.00. The molecule has 0 radical (unpaired) electrons. The topological polar surface area (TPSA) is 118 Å². The second-order valence-electron chi connectivity index (χ2n) is 5.11. The average Bonchev–Trinajstić information content (AvgIpc) is 2.37. The van der Waals surface area contributed by atoms with E-state index < -0.39 is 23.9 Å². The van der Waals surface area contributed by atoms with E-state index in [0.717, 1.165) is 5.56 Å². The number of hydrogen-bond acceptors (Lipinski definition) is 4. The monoisotopic (exact) mass is 279 g/mol. The normalized spacial score (nSPS) is 13.8. The zero-order valence-electron chi connectivity index (χ0n) is 11.7. The molecule has 0 aromatic heterocycles. The molecule has 20 heavy (non-hydrogen) atoms. The Kier molecular flexibility index (Phi) is 5.52. The van der Waals surface area contributed by atoms with Gasteiger partial charge in [0, 0.05) is 0 Å². The van der Waals surface area contributed by atoms with Gasteiger partial charge in [-0.1, -0.05) is 26.0 Å². The van der Waals surface area contributed by atoms with Crippen LogP contribution in [0, 0.1) is 5.92 Å². The first kappa shape index (κ1) is 16.0. The lowest BCUT2D eigenvalue weighted by Gasteiger charge is -2.21. The summed E-state index contributed by atoms with van der Waals surface area (Å²) < 4.78 is 0. The molecule has 6 nitrogen and oxygen atoms in total. The number of amides is 2. The van der Waals surface area contributed by atoms with Crippen molar-refractivity contribution in [3.05, 3.63) is 29.8 Å². The smallest absolute Gasteiger partial charge is 0.240 e. The van der Waals surface area contributed by atoms with Gasteiger partial charge in [0.15, 0.2) is 0 Å². The number of nitrogens with two attached hydrogens (primary N) is 2. The Bertz CT molecular complexity index is 471. The largest absolute Gasteiger partial charge is 0.508 e. The summed E-state index contributed by atoms with van der Waals surface area (Å²) in [5, 5.41) is 11.7. The van der Waals surface area contributed by atoms with Crippen LogP contribution in [0.25, 0.3) is 0 Å². The first-order chi connectivity index (χ1) is 9.31. The van der Waals surface area contributed by atoms with Gasteiger partial charge in [0.05, 0.1) is 6.04 Å². The summed E-state index contributed by atoms with van der Waals surface area (Å²) in [5.41, 5.74) is 11.9. The lowest BCUT2D eigenvalue weighted by Crippen LogP contribution is -2.53. The van der Waals surface area contributed by atoms with Crippen molar-refractivity contribution < 1.29 is 14.7 Å². The molecule has 0 saturated carbocycles. The molecule has 0 saturated heterocycles. The zero-order valence-corrected chi connectivity index (χ0v) is 11.7. The van der Waals surface area contributed by atoms with E-state index in [9.17, 15) is 14.7 Å². The van der Waals surface area contributed by atoms with Crippen molar-refractivity contribution in [3.63, 3.8) is 0 Å². The Hall–Kier alpha value is -2.08. The second-order valence-corrected chi connectivity index (χ2v) is 5.11. The number of hydrogen-bond donors (Lipinski definition) is 4. The highest BCUT2D eigenvalue weighted by Crippen LogP contribution is 2.11. The molecule has 0 heterocycles. The average molecular weight is 279 g/mol. The standard InChI is InChI=1S/C14H21N3O3/c1-8(2)12(13(16)19)17-14(20)11(15)7-9-3-5-10(18)6-4-9/h3-6,8,11-12,18H,7,15H2,1-2H3,(H2,16,19)(H,17,20). The van der Waals surface area contributed by atoms with Gasteiger partial charge in [0.2, 0.25) is 11.8 Å². The molecule has 0 aliphatic carbocycles. The number of phenolic OH excluding ortho intramolecular Hbond substituents is 1. The van der Waals surface area contributed by atoms with Crippen LogP contribution >= 0.6 is 0 Å². The van der Waals surface area contributed by atoms with E-state index in [1.807, 2.05) is 0 Å². The van der Waals surface area contributed by atoms with Crippen molar-refractivity contribution in [3.8, 4) is 5.75 Å². The molecule has 6 heteroatoms. The van der Waals surface area contributed by atoms with Gasteiger partial charge in [0.1, 0.15) is 11.8 Å². The summed E-state index contributed by atoms with van der Waals surface area (Å²) in [6.45, 7) is 3.59. The Balaban J connectivity index is 2.62. The molecule has 1 aromatic rings. The van der Waals surface area contributed by atoms with Crippen molar-refractivity contribution >= 4 is 11.8 Å². The van der Waals surface area contributed by atoms with Crippen LogP contribution in [0.4, 0.5) is 0 Å². The summed E-state index contributed by atoms with van der Waals surface area (Å²) in [7, 11) is 0. The van der Waals surface area contributed by atoms with Gasteiger partial charge in [0.25, 0.3) is 0 Å². The van der Waals surface area contributed by atoms with E-state index in [1.54, 1.807) is 26.0 Å². The number of rotatable bonds is 6. The minimum absolute atomic E-state index is 0.0997. The van der Waals surface area contributed by atoms with Gasteiger partial charge in [-0.3, -0.25) is 9.59 Å². The lowest BCUT2D eigenvalue weighted by atomic mass is 10.0. The van der Waals surface area contributed by atoms with Crippen LogP contribution in [0.5, 0.6) is 5.75 Å². The van der Waals surface area contributed by atoms with Crippen LogP contribution in [-0.4, -0.2) is 29.0 Å². The van der Waals surface area contributed by atoms with Gasteiger partial charge >= 0.3 is 0 Å². The fraction of sp³-hybridized carbons (Fsp3) is 0.429. The van der Waals surface area contributed by atoms with E-state index in [4.69, 9.17) is 11.5 Å². The predicted molar refractivity (Wildman–Crippen MR) is 75.7 cm³/mol. The Labute approximate surface area is 118 Å². The minimum atomic E-state index is -0.778. The van der Waals surface area contributed by atoms with Crippen molar-refractivity contribution in [2.24, 2.45) is 17.4 Å². The molecule has 110 valence electrons. The highest BCUT2D eigenvalue weighted by atomic mass is 16.3. The molecular formula is C14H21N3O3. The van der Waals surface area contributed by atoms with Gasteiger partial charge < -0.3 is 21.9 Å². The van der Waals surface area contributed by atoms with Crippen LogP contribution in [0.2, 0.25) is 0 Å². The molecule has 0 aliphatic heterocycles. The van der Waals surface area contributed by atoms with Gasteiger partial charge in [-0.15, -0.1) is 0 Å². The molecule has 0 bridgehead atoms. The number of carbonyl (C=O) groups is 2. The highest BCUT2D eigenvalue weighted by Gasteiger charge is 2.24. The van der Waals surface area contributed by atoms with Crippen LogP contribution in [-0.2, 0) is 16.0 Å². The SMILES string of the molecule is CC(C)C(NC(=O)C(N)Cc1ccc(O)cc1)C(N)=O. The molecule has 6 N–H and O–H groups in total. The number of benzene rings is 1. The first-order valence-corrected chi connectivity index (χ1v) is 6.44. The fourth-order valence-electron chi connectivity index (χ4n) is 1.81. The molecular weight excluding hydrogens is 258 g/mol. The number of carbonyl (C=O) groups excluding carboxylic acids is 2. The number of nitrogens with one attached hydrogen (secondary N) is 1. The van der Waals surface area contributed by atoms with Crippen molar-refractivity contribution in [2.45, 2.75) is 32.4 Å². The van der Waals surface area contributed by atoms with E-state index >= 15 is 0 Å². The Morgan fingerprint density at radius 1 is 1.25 bits per heavy atom. The van der Waals surface area contributed by atoms with Gasteiger partial charge in [-0.2, -0.15) is 0 Å². The molecule has 1 rings (SSSR count). The van der Waals surface area contributed by atoms with Crippen molar-refractivity contribution in [1.82, 2.24) is 5.32 Å². The highest BCUT2D eigenvalue weighted by molar-refractivity contribution is 5.89. The van der Waals surface area contributed by atoms with Crippen LogP contribution in [0.15, 0.2) is 24.3 Å². The molecule has 0 spiro atoms. The number of primary amides is 1. The molecule has 2 atom stereocenters. The molecule has 0 aliphatic rings. The second kappa shape index (κ2) is 6.91.